The second-order valence-electron chi connectivity index (χ2n) is 1.83. The Labute approximate surface area is 71.7 Å². The van der Waals surface area contributed by atoms with E-state index in [9.17, 15) is 4.39 Å². The molecule has 0 bridgehead atoms. The lowest BCUT2D eigenvalue weighted by Crippen LogP contribution is -2.04. The summed E-state index contributed by atoms with van der Waals surface area (Å²) < 4.78 is 16.8. The van der Waals surface area contributed by atoms with Gasteiger partial charge < -0.3 is 4.74 Å². The van der Waals surface area contributed by atoms with Crippen LogP contribution in [0, 0.1) is 0 Å². The molecule has 3 heteroatoms. The van der Waals surface area contributed by atoms with E-state index in [4.69, 9.17) is 0 Å². The number of hydrogen-bond acceptors (Lipinski definition) is 2. The van der Waals surface area contributed by atoms with Gasteiger partial charge in [-0.3, -0.25) is 0 Å². The Morgan fingerprint density at radius 3 is 2.58 bits per heavy atom. The monoisotopic (exact) mass is 169 g/mol. The molecule has 0 N–H and O–H groups in total. The zero-order valence-electron chi connectivity index (χ0n) is 7.03. The molecule has 1 rings (SSSR count). The maximum atomic E-state index is 12.1. The zero-order valence-corrected chi connectivity index (χ0v) is 7.03. The third-order valence-corrected chi connectivity index (χ3v) is 0.921. The van der Waals surface area contributed by atoms with Crippen molar-refractivity contribution in [1.29, 1.82) is 0 Å². The highest BCUT2D eigenvalue weighted by atomic mass is 19.1. The second kappa shape index (κ2) is 6.34. The molecule has 0 aromatic carbocycles. The van der Waals surface area contributed by atoms with Gasteiger partial charge in [-0.05, 0) is 6.07 Å². The number of pyridine rings is 1. The summed E-state index contributed by atoms with van der Waals surface area (Å²) >= 11 is 0. The second-order valence-corrected chi connectivity index (χ2v) is 1.83. The molecule has 1 atom stereocenters. The van der Waals surface area contributed by atoms with Crippen LogP contribution in [0.5, 0.6) is 5.88 Å². The van der Waals surface area contributed by atoms with Gasteiger partial charge in [-0.25, -0.2) is 9.37 Å². The molecule has 0 saturated heterocycles. The number of alkyl halides is 1. The van der Waals surface area contributed by atoms with Crippen molar-refractivity contribution in [2.45, 2.75) is 13.3 Å². The van der Waals surface area contributed by atoms with E-state index in [0.717, 1.165) is 0 Å². The predicted octanol–water partition coefficient (Wildman–Crippen LogP) is 2.58. The van der Waals surface area contributed by atoms with Crippen LogP contribution >= 0.6 is 0 Å². The maximum Gasteiger partial charge on any atom is 0.237 e. The fourth-order valence-electron chi connectivity index (χ4n) is 0.583. The van der Waals surface area contributed by atoms with Gasteiger partial charge in [0.1, 0.15) is 0 Å². The summed E-state index contributed by atoms with van der Waals surface area (Å²) in [7, 11) is 0. The van der Waals surface area contributed by atoms with Crippen molar-refractivity contribution in [1.82, 2.24) is 4.98 Å². The molecule has 1 aromatic heterocycles. The molecule has 0 spiro atoms. The lowest BCUT2D eigenvalue weighted by atomic mass is 10.5. The molecule has 0 amide bonds. The summed E-state index contributed by atoms with van der Waals surface area (Å²) in [5.41, 5.74) is 0. The molecule has 0 aliphatic carbocycles. The third-order valence-electron chi connectivity index (χ3n) is 0.921. The minimum atomic E-state index is -1.30. The third kappa shape index (κ3) is 4.44. The summed E-state index contributed by atoms with van der Waals surface area (Å²) in [6.07, 6.45) is 0.257. The van der Waals surface area contributed by atoms with Gasteiger partial charge in [-0.15, -0.1) is 13.2 Å². The quantitative estimate of drug-likeness (QED) is 0.635. The molecule has 0 aliphatic heterocycles. The number of aromatic nitrogens is 1. The molecule has 0 fully saturated rings. The van der Waals surface area contributed by atoms with Crippen molar-refractivity contribution in [3.8, 4) is 5.88 Å². The normalized spacial score (nSPS) is 10.8. The molecule has 1 aromatic rings. The molecule has 66 valence electrons. The van der Waals surface area contributed by atoms with Crippen LogP contribution < -0.4 is 4.74 Å². The molecular formula is C9H12FNO. The zero-order chi connectivity index (χ0) is 9.40. The van der Waals surface area contributed by atoms with Crippen LogP contribution in [0.15, 0.2) is 37.6 Å². The van der Waals surface area contributed by atoms with Crippen molar-refractivity contribution >= 4 is 0 Å². The molecule has 0 aliphatic rings. The number of hydrogen-bond donors (Lipinski definition) is 0. The van der Waals surface area contributed by atoms with E-state index < -0.39 is 6.36 Å². The van der Waals surface area contributed by atoms with Gasteiger partial charge in [-0.1, -0.05) is 6.07 Å². The Hall–Kier alpha value is -1.38. The maximum absolute atomic E-state index is 12.1. The first-order chi connectivity index (χ1) is 5.79. The summed E-state index contributed by atoms with van der Waals surface area (Å²) in [4.78, 5) is 3.76. The summed E-state index contributed by atoms with van der Waals surface area (Å²) in [5, 5.41) is 0. The van der Waals surface area contributed by atoms with Gasteiger partial charge in [0.2, 0.25) is 12.2 Å². The first kappa shape index (κ1) is 10.6. The number of halogens is 1. The van der Waals surface area contributed by atoms with Crippen molar-refractivity contribution in [3.63, 3.8) is 0 Å². The number of ether oxygens (including phenoxy) is 1. The number of nitrogens with zero attached hydrogens (tertiary/aromatic N) is 1. The fourth-order valence-corrected chi connectivity index (χ4v) is 0.583. The van der Waals surface area contributed by atoms with Crippen LogP contribution in [-0.2, 0) is 0 Å². The van der Waals surface area contributed by atoms with Crippen molar-refractivity contribution in [2.24, 2.45) is 0 Å². The van der Waals surface area contributed by atoms with E-state index in [0.29, 0.717) is 5.88 Å². The van der Waals surface area contributed by atoms with Gasteiger partial charge in [0.15, 0.2) is 0 Å². The molecule has 1 heterocycles. The van der Waals surface area contributed by atoms with Crippen LogP contribution in [-0.4, -0.2) is 11.3 Å². The summed E-state index contributed by atoms with van der Waals surface area (Å²) in [6, 6.07) is 5.09. The first-order valence-corrected chi connectivity index (χ1v) is 3.51. The van der Waals surface area contributed by atoms with Crippen LogP contribution in [0.2, 0.25) is 0 Å². The topological polar surface area (TPSA) is 22.1 Å². The molecule has 12 heavy (non-hydrogen) atoms. The Balaban J connectivity index is 0.000000561. The highest BCUT2D eigenvalue weighted by Gasteiger charge is 1.98. The van der Waals surface area contributed by atoms with E-state index in [2.05, 4.69) is 22.9 Å². The van der Waals surface area contributed by atoms with Gasteiger partial charge in [0.05, 0.1) is 0 Å². The van der Waals surface area contributed by atoms with Gasteiger partial charge in [0.25, 0.3) is 0 Å². The Kier molecular flexibility index (Phi) is 5.61. The minimum absolute atomic E-state index is 0.317. The van der Waals surface area contributed by atoms with Crippen molar-refractivity contribution < 1.29 is 9.13 Å². The smallest absolute Gasteiger partial charge is 0.237 e. The van der Waals surface area contributed by atoms with Gasteiger partial charge in [-0.2, -0.15) is 0 Å². The van der Waals surface area contributed by atoms with Gasteiger partial charge >= 0.3 is 0 Å². The Morgan fingerprint density at radius 2 is 2.17 bits per heavy atom. The van der Waals surface area contributed by atoms with Crippen LogP contribution in [0.25, 0.3) is 0 Å². The van der Waals surface area contributed by atoms with E-state index in [1.165, 1.54) is 6.92 Å². The lowest BCUT2D eigenvalue weighted by molar-refractivity contribution is 0.0810. The minimum Gasteiger partial charge on any atom is -0.444 e. The van der Waals surface area contributed by atoms with Gasteiger partial charge in [0, 0.05) is 19.2 Å². The van der Waals surface area contributed by atoms with E-state index >= 15 is 0 Å². The molecule has 1 unspecified atom stereocenters. The van der Waals surface area contributed by atoms with E-state index in [1.807, 2.05) is 0 Å². The summed E-state index contributed by atoms with van der Waals surface area (Å²) in [5.74, 6) is 0.317. The lowest BCUT2D eigenvalue weighted by Gasteiger charge is -2.03. The van der Waals surface area contributed by atoms with Crippen LogP contribution in [0.1, 0.15) is 6.92 Å². The van der Waals surface area contributed by atoms with Crippen molar-refractivity contribution in [2.75, 3.05) is 0 Å². The average molecular weight is 169 g/mol. The highest BCUT2D eigenvalue weighted by molar-refractivity contribution is 5.08. The van der Waals surface area contributed by atoms with Crippen LogP contribution in [0.3, 0.4) is 0 Å². The average Bonchev–Trinajstić information content (AvgIpc) is 2.08. The fraction of sp³-hybridized carbons (Fsp3) is 0.222. The molecule has 2 nitrogen and oxygen atoms in total. The highest BCUT2D eigenvalue weighted by Crippen LogP contribution is 2.05. The Bertz CT molecular complexity index is 201. The molecular weight excluding hydrogens is 157 g/mol. The van der Waals surface area contributed by atoms with E-state index in [1.54, 1.807) is 24.4 Å². The SMILES string of the molecule is C=C.CC(F)Oc1ccccn1. The Morgan fingerprint density at radius 1 is 1.50 bits per heavy atom. The predicted molar refractivity (Wildman–Crippen MR) is 46.7 cm³/mol. The molecule has 0 radical (unpaired) electrons. The summed E-state index contributed by atoms with van der Waals surface area (Å²) in [6.45, 7) is 7.31. The largest absolute Gasteiger partial charge is 0.444 e. The van der Waals surface area contributed by atoms with E-state index in [-0.39, 0.29) is 0 Å². The first-order valence-electron chi connectivity index (χ1n) is 3.51. The van der Waals surface area contributed by atoms with Crippen LogP contribution in [0.4, 0.5) is 4.39 Å². The standard InChI is InChI=1S/C7H8FNO.C2H4/c1-6(8)10-7-4-2-3-5-9-7;1-2/h2-6H,1H3;1-2H2. The number of rotatable bonds is 2. The molecule has 0 saturated carbocycles. The van der Waals surface area contributed by atoms with Crippen molar-refractivity contribution in [3.05, 3.63) is 37.6 Å².